The van der Waals surface area contributed by atoms with Crippen molar-refractivity contribution in [2.45, 2.75) is 46.2 Å². The lowest BCUT2D eigenvalue weighted by atomic mass is 10.1. The number of aromatic nitrogens is 2. The maximum Gasteiger partial charge on any atom is 0.0718 e. The molecular weight excluding hydrogens is 262 g/mol. The third-order valence-electron chi connectivity index (χ3n) is 3.78. The average Bonchev–Trinajstić information content (AvgIpc) is 2.86. The van der Waals surface area contributed by atoms with E-state index in [2.05, 4.69) is 48.1 Å². The van der Waals surface area contributed by atoms with E-state index in [1.807, 2.05) is 6.92 Å². The molecule has 0 bridgehead atoms. The van der Waals surface area contributed by atoms with E-state index >= 15 is 0 Å². The Balaban J connectivity index is 2.15. The van der Waals surface area contributed by atoms with Crippen molar-refractivity contribution in [3.8, 4) is 0 Å². The number of hydrogen-bond donors (Lipinski definition) is 1. The number of likely N-dealkylation sites (N-methyl/N-ethyl adjacent to an activating group) is 1. The quantitative estimate of drug-likeness (QED) is 0.721. The second-order valence-electron chi connectivity index (χ2n) is 5.22. The largest absolute Gasteiger partial charge is 0.382 e. The van der Waals surface area contributed by atoms with Gasteiger partial charge in [-0.3, -0.25) is 4.68 Å². The molecule has 1 aromatic carbocycles. The van der Waals surface area contributed by atoms with Crippen LogP contribution in [-0.4, -0.2) is 35.6 Å². The van der Waals surface area contributed by atoms with Gasteiger partial charge in [0.15, 0.2) is 0 Å². The molecule has 1 N–H and O–H groups in total. The number of fused-ring (bicyclic) bond motifs is 1. The maximum absolute atomic E-state index is 5.50. The van der Waals surface area contributed by atoms with Gasteiger partial charge in [-0.1, -0.05) is 25.1 Å². The van der Waals surface area contributed by atoms with Gasteiger partial charge in [-0.05, 0) is 32.9 Å². The Morgan fingerprint density at radius 1 is 1.24 bits per heavy atom. The maximum atomic E-state index is 5.50. The second-order valence-corrected chi connectivity index (χ2v) is 5.22. The SMILES string of the molecule is CCNC(CCOCC)Cc1nn(CC)c2ccccc12. The van der Waals surface area contributed by atoms with Crippen LogP contribution in [0.1, 0.15) is 32.9 Å². The molecule has 0 amide bonds. The van der Waals surface area contributed by atoms with Crippen LogP contribution < -0.4 is 5.32 Å². The first-order valence-electron chi connectivity index (χ1n) is 8.05. The van der Waals surface area contributed by atoms with Crippen molar-refractivity contribution < 1.29 is 4.74 Å². The van der Waals surface area contributed by atoms with Gasteiger partial charge in [0, 0.05) is 37.6 Å². The lowest BCUT2D eigenvalue weighted by molar-refractivity contribution is 0.136. The number of nitrogens with zero attached hydrogens (tertiary/aromatic N) is 2. The summed E-state index contributed by atoms with van der Waals surface area (Å²) in [7, 11) is 0. The van der Waals surface area contributed by atoms with Crippen LogP contribution in [0.25, 0.3) is 10.9 Å². The van der Waals surface area contributed by atoms with Crippen molar-refractivity contribution in [1.29, 1.82) is 0 Å². The van der Waals surface area contributed by atoms with E-state index in [-0.39, 0.29) is 0 Å². The Bertz CT molecular complexity index is 550. The molecule has 0 radical (unpaired) electrons. The molecule has 0 spiro atoms. The summed E-state index contributed by atoms with van der Waals surface area (Å²) in [6.07, 6.45) is 1.98. The zero-order valence-electron chi connectivity index (χ0n) is 13.4. The van der Waals surface area contributed by atoms with E-state index in [0.717, 1.165) is 39.1 Å². The van der Waals surface area contributed by atoms with Crippen molar-refractivity contribution in [3.05, 3.63) is 30.0 Å². The third kappa shape index (κ3) is 4.05. The summed E-state index contributed by atoms with van der Waals surface area (Å²) >= 11 is 0. The Kier molecular flexibility index (Phi) is 6.21. The molecule has 0 aliphatic rings. The van der Waals surface area contributed by atoms with Crippen molar-refractivity contribution in [3.63, 3.8) is 0 Å². The third-order valence-corrected chi connectivity index (χ3v) is 3.78. The lowest BCUT2D eigenvalue weighted by Crippen LogP contribution is -2.32. The zero-order chi connectivity index (χ0) is 15.1. The number of aryl methyl sites for hydroxylation is 1. The minimum absolute atomic E-state index is 0.421. The first-order valence-corrected chi connectivity index (χ1v) is 8.05. The van der Waals surface area contributed by atoms with E-state index in [4.69, 9.17) is 9.84 Å². The molecular formula is C17H27N3O. The molecule has 21 heavy (non-hydrogen) atoms. The summed E-state index contributed by atoms with van der Waals surface area (Å²) in [4.78, 5) is 0. The molecule has 1 unspecified atom stereocenters. The summed E-state index contributed by atoms with van der Waals surface area (Å²) in [5, 5.41) is 9.62. The molecule has 1 heterocycles. The van der Waals surface area contributed by atoms with Crippen molar-refractivity contribution >= 4 is 10.9 Å². The highest BCUT2D eigenvalue weighted by Crippen LogP contribution is 2.20. The van der Waals surface area contributed by atoms with E-state index in [0.29, 0.717) is 6.04 Å². The van der Waals surface area contributed by atoms with Crippen LogP contribution in [0.2, 0.25) is 0 Å². The number of ether oxygens (including phenoxy) is 1. The highest BCUT2D eigenvalue weighted by Gasteiger charge is 2.14. The van der Waals surface area contributed by atoms with Crippen LogP contribution in [0.3, 0.4) is 0 Å². The fourth-order valence-corrected chi connectivity index (χ4v) is 2.76. The fraction of sp³-hybridized carbons (Fsp3) is 0.588. The minimum Gasteiger partial charge on any atom is -0.382 e. The van der Waals surface area contributed by atoms with Crippen LogP contribution in [0.5, 0.6) is 0 Å². The van der Waals surface area contributed by atoms with Gasteiger partial charge in [0.2, 0.25) is 0 Å². The molecule has 116 valence electrons. The molecule has 2 aromatic rings. The lowest BCUT2D eigenvalue weighted by Gasteiger charge is -2.16. The monoisotopic (exact) mass is 289 g/mol. The van der Waals surface area contributed by atoms with Crippen molar-refractivity contribution in [2.24, 2.45) is 0 Å². The molecule has 0 saturated carbocycles. The summed E-state index contributed by atoms with van der Waals surface area (Å²) in [6.45, 7) is 9.80. The van der Waals surface area contributed by atoms with E-state index < -0.39 is 0 Å². The van der Waals surface area contributed by atoms with Gasteiger partial charge in [0.05, 0.1) is 11.2 Å². The molecule has 0 aliphatic heterocycles. The van der Waals surface area contributed by atoms with E-state index in [1.54, 1.807) is 0 Å². The van der Waals surface area contributed by atoms with Gasteiger partial charge in [-0.25, -0.2) is 0 Å². The van der Waals surface area contributed by atoms with Crippen LogP contribution in [0.15, 0.2) is 24.3 Å². The summed E-state index contributed by atoms with van der Waals surface area (Å²) < 4.78 is 7.59. The predicted molar refractivity (Wildman–Crippen MR) is 87.7 cm³/mol. The Hall–Kier alpha value is -1.39. The first kappa shape index (κ1) is 16.0. The van der Waals surface area contributed by atoms with Crippen LogP contribution in [0.4, 0.5) is 0 Å². The summed E-state index contributed by atoms with van der Waals surface area (Å²) in [5.74, 6) is 0. The molecule has 0 saturated heterocycles. The topological polar surface area (TPSA) is 39.1 Å². The van der Waals surface area contributed by atoms with Crippen LogP contribution >= 0.6 is 0 Å². The fourth-order valence-electron chi connectivity index (χ4n) is 2.76. The zero-order valence-corrected chi connectivity index (χ0v) is 13.4. The normalized spacial score (nSPS) is 12.9. The number of hydrogen-bond acceptors (Lipinski definition) is 3. The second kappa shape index (κ2) is 8.15. The molecule has 4 heteroatoms. The summed E-state index contributed by atoms with van der Waals surface area (Å²) in [6, 6.07) is 8.92. The first-order chi connectivity index (χ1) is 10.3. The van der Waals surface area contributed by atoms with Crippen molar-refractivity contribution in [1.82, 2.24) is 15.1 Å². The smallest absolute Gasteiger partial charge is 0.0718 e. The van der Waals surface area contributed by atoms with Gasteiger partial charge >= 0.3 is 0 Å². The van der Waals surface area contributed by atoms with Crippen molar-refractivity contribution in [2.75, 3.05) is 19.8 Å². The number of para-hydroxylation sites is 1. The number of rotatable bonds is 9. The Morgan fingerprint density at radius 3 is 2.76 bits per heavy atom. The Morgan fingerprint density at radius 2 is 2.05 bits per heavy atom. The van der Waals surface area contributed by atoms with Gasteiger partial charge < -0.3 is 10.1 Å². The van der Waals surface area contributed by atoms with Crippen LogP contribution in [-0.2, 0) is 17.7 Å². The number of benzene rings is 1. The minimum atomic E-state index is 0.421. The average molecular weight is 289 g/mol. The molecule has 1 atom stereocenters. The highest BCUT2D eigenvalue weighted by molar-refractivity contribution is 5.82. The molecule has 1 aromatic heterocycles. The van der Waals surface area contributed by atoms with Gasteiger partial charge in [-0.15, -0.1) is 0 Å². The van der Waals surface area contributed by atoms with Gasteiger partial charge in [0.1, 0.15) is 0 Å². The Labute approximate surface area is 127 Å². The molecule has 4 nitrogen and oxygen atoms in total. The van der Waals surface area contributed by atoms with E-state index in [9.17, 15) is 0 Å². The molecule has 0 aliphatic carbocycles. The van der Waals surface area contributed by atoms with Crippen LogP contribution in [0, 0.1) is 0 Å². The highest BCUT2D eigenvalue weighted by atomic mass is 16.5. The van der Waals surface area contributed by atoms with E-state index in [1.165, 1.54) is 16.6 Å². The van der Waals surface area contributed by atoms with Gasteiger partial charge in [0.25, 0.3) is 0 Å². The molecule has 2 rings (SSSR count). The summed E-state index contributed by atoms with van der Waals surface area (Å²) in [5.41, 5.74) is 2.42. The van der Waals surface area contributed by atoms with Gasteiger partial charge in [-0.2, -0.15) is 5.10 Å². The number of nitrogens with one attached hydrogen (secondary N) is 1. The molecule has 0 fully saturated rings. The standard InChI is InChI=1S/C17H27N3O/c1-4-18-14(11-12-21-6-3)13-16-15-9-7-8-10-17(15)20(5-2)19-16/h7-10,14,18H,4-6,11-13H2,1-3H3. The predicted octanol–water partition coefficient (Wildman–Crippen LogP) is 3.00.